The lowest BCUT2D eigenvalue weighted by molar-refractivity contribution is 0.129. The molecule has 1 aliphatic rings. The van der Waals surface area contributed by atoms with Gasteiger partial charge in [0.1, 0.15) is 0 Å². The van der Waals surface area contributed by atoms with Gasteiger partial charge in [-0.3, -0.25) is 0 Å². The Hall–Kier alpha value is 0.660. The molecule has 0 N–H and O–H groups in total. The van der Waals surface area contributed by atoms with Gasteiger partial charge in [0, 0.05) is 12.4 Å². The summed E-state index contributed by atoms with van der Waals surface area (Å²) in [6, 6.07) is 0. The predicted molar refractivity (Wildman–Crippen MR) is 64.0 cm³/mol. The van der Waals surface area contributed by atoms with Crippen molar-refractivity contribution in [3.63, 3.8) is 0 Å². The molecule has 0 radical (unpaired) electrons. The summed E-state index contributed by atoms with van der Waals surface area (Å²) in [5.41, 5.74) is 0. The number of rotatable bonds is 7. The van der Waals surface area contributed by atoms with Gasteiger partial charge in [0.15, 0.2) is 0 Å². The lowest BCUT2D eigenvalue weighted by Crippen LogP contribution is -2.08. The van der Waals surface area contributed by atoms with Crippen molar-refractivity contribution in [1.29, 1.82) is 0 Å². The van der Waals surface area contributed by atoms with E-state index >= 15 is 0 Å². The van der Waals surface area contributed by atoms with Crippen molar-refractivity contribution in [3.05, 3.63) is 0 Å². The topological polar surface area (TPSA) is 9.23 Å². The standard InChI is InChI=1S/C10H20OS2/c12-7-2-1-3-8-13-9-10-5-4-6-11-10/h10,12H,1-9H2. The Morgan fingerprint density at radius 3 is 2.92 bits per heavy atom. The molecule has 1 fully saturated rings. The zero-order chi connectivity index (χ0) is 9.36. The Balaban J connectivity index is 1.78. The van der Waals surface area contributed by atoms with Crippen molar-refractivity contribution in [3.8, 4) is 0 Å². The first-order chi connectivity index (χ1) is 6.43. The van der Waals surface area contributed by atoms with E-state index < -0.39 is 0 Å². The van der Waals surface area contributed by atoms with Crippen LogP contribution in [-0.4, -0.2) is 30.0 Å². The lowest BCUT2D eigenvalue weighted by Gasteiger charge is -2.07. The summed E-state index contributed by atoms with van der Waals surface area (Å²) in [5, 5.41) is 0. The normalized spacial score (nSPS) is 22.4. The molecular formula is C10H20OS2. The number of thioether (sulfide) groups is 1. The number of hydrogen-bond acceptors (Lipinski definition) is 3. The van der Waals surface area contributed by atoms with Crippen LogP contribution in [0.2, 0.25) is 0 Å². The van der Waals surface area contributed by atoms with Gasteiger partial charge in [0.25, 0.3) is 0 Å². The monoisotopic (exact) mass is 220 g/mol. The molecule has 1 atom stereocenters. The van der Waals surface area contributed by atoms with E-state index in [0.29, 0.717) is 6.10 Å². The molecule has 0 aliphatic carbocycles. The average Bonchev–Trinajstić information content (AvgIpc) is 2.63. The molecular weight excluding hydrogens is 200 g/mol. The van der Waals surface area contributed by atoms with Crippen LogP contribution in [0.15, 0.2) is 0 Å². The van der Waals surface area contributed by atoms with Crippen LogP contribution in [-0.2, 0) is 4.74 Å². The molecule has 0 aromatic heterocycles. The first-order valence-corrected chi connectivity index (χ1v) is 7.02. The summed E-state index contributed by atoms with van der Waals surface area (Å²) in [6.45, 7) is 0.991. The Bertz CT molecular complexity index is 113. The third-order valence-electron chi connectivity index (χ3n) is 2.27. The summed E-state index contributed by atoms with van der Waals surface area (Å²) >= 11 is 6.24. The Morgan fingerprint density at radius 1 is 1.31 bits per heavy atom. The van der Waals surface area contributed by atoms with Crippen molar-refractivity contribution in [2.45, 2.75) is 38.2 Å². The Kier molecular flexibility index (Phi) is 7.23. The summed E-state index contributed by atoms with van der Waals surface area (Å²) in [4.78, 5) is 0. The number of hydrogen-bond donors (Lipinski definition) is 1. The average molecular weight is 220 g/mol. The molecule has 0 saturated carbocycles. The Morgan fingerprint density at radius 2 is 2.23 bits per heavy atom. The van der Waals surface area contributed by atoms with E-state index in [4.69, 9.17) is 4.74 Å². The molecule has 1 saturated heterocycles. The maximum Gasteiger partial charge on any atom is 0.0666 e. The minimum Gasteiger partial charge on any atom is -0.377 e. The van der Waals surface area contributed by atoms with Crippen LogP contribution in [0, 0.1) is 0 Å². The van der Waals surface area contributed by atoms with Crippen LogP contribution < -0.4 is 0 Å². The van der Waals surface area contributed by atoms with E-state index in [-0.39, 0.29) is 0 Å². The van der Waals surface area contributed by atoms with Crippen LogP contribution in [0.1, 0.15) is 32.1 Å². The maximum atomic E-state index is 5.55. The van der Waals surface area contributed by atoms with Gasteiger partial charge >= 0.3 is 0 Å². The summed E-state index contributed by atoms with van der Waals surface area (Å²) in [5.74, 6) is 3.55. The van der Waals surface area contributed by atoms with Crippen LogP contribution >= 0.6 is 24.4 Å². The minimum absolute atomic E-state index is 0.565. The molecule has 1 aliphatic heterocycles. The molecule has 0 bridgehead atoms. The van der Waals surface area contributed by atoms with E-state index in [0.717, 1.165) is 12.4 Å². The molecule has 1 nitrogen and oxygen atoms in total. The van der Waals surface area contributed by atoms with Crippen molar-refractivity contribution < 1.29 is 4.74 Å². The predicted octanol–water partition coefficient (Wildman–Crippen LogP) is 3.00. The van der Waals surface area contributed by atoms with Crippen LogP contribution in [0.4, 0.5) is 0 Å². The molecule has 3 heteroatoms. The van der Waals surface area contributed by atoms with Crippen LogP contribution in [0.5, 0.6) is 0 Å². The van der Waals surface area contributed by atoms with Gasteiger partial charge < -0.3 is 4.74 Å². The highest BCUT2D eigenvalue weighted by Crippen LogP contribution is 2.17. The van der Waals surface area contributed by atoms with Gasteiger partial charge in [-0.2, -0.15) is 24.4 Å². The zero-order valence-electron chi connectivity index (χ0n) is 8.21. The number of unbranched alkanes of at least 4 members (excludes halogenated alkanes) is 2. The van der Waals surface area contributed by atoms with Gasteiger partial charge in [0.05, 0.1) is 6.10 Å². The number of ether oxygens (including phenoxy) is 1. The van der Waals surface area contributed by atoms with Crippen molar-refractivity contribution in [1.82, 2.24) is 0 Å². The van der Waals surface area contributed by atoms with E-state index in [1.807, 2.05) is 0 Å². The third-order valence-corrected chi connectivity index (χ3v) is 3.78. The SMILES string of the molecule is SCCCCCSCC1CCCO1. The molecule has 0 amide bonds. The molecule has 1 unspecified atom stereocenters. The second-order valence-electron chi connectivity index (χ2n) is 3.49. The fourth-order valence-electron chi connectivity index (χ4n) is 1.48. The summed E-state index contributed by atoms with van der Waals surface area (Å²) < 4.78 is 5.55. The highest BCUT2D eigenvalue weighted by molar-refractivity contribution is 7.99. The van der Waals surface area contributed by atoms with Crippen LogP contribution in [0.25, 0.3) is 0 Å². The molecule has 0 aromatic rings. The van der Waals surface area contributed by atoms with Gasteiger partial charge in [-0.1, -0.05) is 6.42 Å². The van der Waals surface area contributed by atoms with Gasteiger partial charge in [0.2, 0.25) is 0 Å². The second kappa shape index (κ2) is 8.01. The third kappa shape index (κ3) is 5.87. The maximum absolute atomic E-state index is 5.55. The smallest absolute Gasteiger partial charge is 0.0666 e. The van der Waals surface area contributed by atoms with E-state index in [1.54, 1.807) is 0 Å². The Labute approximate surface area is 91.4 Å². The lowest BCUT2D eigenvalue weighted by atomic mass is 10.3. The van der Waals surface area contributed by atoms with Crippen LogP contribution in [0.3, 0.4) is 0 Å². The largest absolute Gasteiger partial charge is 0.377 e. The van der Waals surface area contributed by atoms with E-state index in [9.17, 15) is 0 Å². The van der Waals surface area contributed by atoms with E-state index in [1.165, 1.54) is 43.6 Å². The highest BCUT2D eigenvalue weighted by atomic mass is 32.2. The number of thiol groups is 1. The van der Waals surface area contributed by atoms with Gasteiger partial charge in [-0.15, -0.1) is 0 Å². The fraction of sp³-hybridized carbons (Fsp3) is 1.00. The molecule has 1 heterocycles. The molecule has 13 heavy (non-hydrogen) atoms. The second-order valence-corrected chi connectivity index (χ2v) is 5.09. The van der Waals surface area contributed by atoms with Gasteiger partial charge in [-0.25, -0.2) is 0 Å². The van der Waals surface area contributed by atoms with E-state index in [2.05, 4.69) is 24.4 Å². The van der Waals surface area contributed by atoms with Crippen molar-refractivity contribution in [2.75, 3.05) is 23.9 Å². The highest BCUT2D eigenvalue weighted by Gasteiger charge is 2.14. The summed E-state index contributed by atoms with van der Waals surface area (Å²) in [6.07, 6.45) is 7.06. The first-order valence-electron chi connectivity index (χ1n) is 5.23. The first kappa shape index (κ1) is 11.7. The molecule has 78 valence electrons. The van der Waals surface area contributed by atoms with Gasteiger partial charge in [-0.05, 0) is 37.2 Å². The summed E-state index contributed by atoms with van der Waals surface area (Å²) in [7, 11) is 0. The minimum atomic E-state index is 0.565. The fourth-order valence-corrected chi connectivity index (χ4v) is 2.81. The quantitative estimate of drug-likeness (QED) is 0.522. The molecule has 0 spiro atoms. The molecule has 1 rings (SSSR count). The van der Waals surface area contributed by atoms with Crippen molar-refractivity contribution in [2.24, 2.45) is 0 Å². The van der Waals surface area contributed by atoms with Crippen molar-refractivity contribution >= 4 is 24.4 Å². The molecule has 0 aromatic carbocycles. The zero-order valence-corrected chi connectivity index (χ0v) is 9.92.